The van der Waals surface area contributed by atoms with Crippen LogP contribution in [0.3, 0.4) is 0 Å². The molecular formula is C27H27F3N8O. The number of aryl methyl sites for hydroxylation is 1. The van der Waals surface area contributed by atoms with Gasteiger partial charge in [0.25, 0.3) is 5.91 Å². The monoisotopic (exact) mass is 536 g/mol. The van der Waals surface area contributed by atoms with E-state index in [1.807, 2.05) is 19.2 Å². The molecule has 1 aliphatic rings. The minimum absolute atomic E-state index is 0.193. The van der Waals surface area contributed by atoms with Gasteiger partial charge in [-0.3, -0.25) is 9.78 Å². The van der Waals surface area contributed by atoms with E-state index in [2.05, 4.69) is 49.5 Å². The number of nitrogens with zero attached hydrogens (tertiary/aromatic N) is 7. The van der Waals surface area contributed by atoms with E-state index in [0.717, 1.165) is 54.7 Å². The van der Waals surface area contributed by atoms with E-state index < -0.39 is 17.6 Å². The summed E-state index contributed by atoms with van der Waals surface area (Å²) in [6.45, 7) is 3.91. The number of likely N-dealkylation sites (N-methyl/N-ethyl adjacent to an activating group) is 2. The maximum Gasteiger partial charge on any atom is 0.416 e. The Morgan fingerprint density at radius 3 is 2.72 bits per heavy atom. The maximum atomic E-state index is 13.0. The van der Waals surface area contributed by atoms with Crippen molar-refractivity contribution in [2.24, 2.45) is 0 Å². The number of pyridine rings is 2. The van der Waals surface area contributed by atoms with E-state index in [9.17, 15) is 18.0 Å². The van der Waals surface area contributed by atoms with Crippen molar-refractivity contribution in [3.05, 3.63) is 77.9 Å². The molecule has 4 aromatic rings. The first kappa shape index (κ1) is 26.3. The van der Waals surface area contributed by atoms with Crippen molar-refractivity contribution in [3.8, 4) is 16.9 Å². The van der Waals surface area contributed by atoms with Gasteiger partial charge < -0.3 is 15.1 Å². The third kappa shape index (κ3) is 5.75. The lowest BCUT2D eigenvalue weighted by Crippen LogP contribution is -2.33. The van der Waals surface area contributed by atoms with Crippen LogP contribution in [0.25, 0.3) is 16.9 Å². The van der Waals surface area contributed by atoms with Crippen molar-refractivity contribution in [1.82, 2.24) is 29.9 Å². The zero-order valence-electron chi connectivity index (χ0n) is 21.6. The molecule has 1 fully saturated rings. The molecule has 1 N–H and O–H groups in total. The van der Waals surface area contributed by atoms with Gasteiger partial charge in [-0.15, -0.1) is 5.10 Å². The van der Waals surface area contributed by atoms with Gasteiger partial charge in [-0.1, -0.05) is 11.3 Å². The van der Waals surface area contributed by atoms with Crippen LogP contribution < -0.4 is 10.2 Å². The molecule has 1 aromatic carbocycles. The molecule has 4 heterocycles. The topological polar surface area (TPSA) is 92.1 Å². The summed E-state index contributed by atoms with van der Waals surface area (Å²) in [4.78, 5) is 25.6. The Morgan fingerprint density at radius 2 is 1.97 bits per heavy atom. The van der Waals surface area contributed by atoms with Crippen molar-refractivity contribution in [2.45, 2.75) is 25.6 Å². The standard InChI is InChI=1S/C27H27F3N8O/c1-17-4-5-18(26(39)33-25-12-20(6-8-32-25)27(28,29)30)11-24(17)38-16-23(34-35-38)19-10-22(14-31-13-19)37(3)21-7-9-36(2)15-21/h4-6,8,10-14,16,21H,7,9,15H2,1-3H3,(H,32,33,39). The van der Waals surface area contributed by atoms with Gasteiger partial charge in [-0.25, -0.2) is 9.67 Å². The normalized spacial score (nSPS) is 15.9. The van der Waals surface area contributed by atoms with Crippen molar-refractivity contribution < 1.29 is 18.0 Å². The highest BCUT2D eigenvalue weighted by Crippen LogP contribution is 2.30. The third-order valence-electron chi connectivity index (χ3n) is 6.88. The van der Waals surface area contributed by atoms with Gasteiger partial charge in [0.2, 0.25) is 0 Å². The molecular weight excluding hydrogens is 509 g/mol. The lowest BCUT2D eigenvalue weighted by atomic mass is 10.1. The largest absolute Gasteiger partial charge is 0.416 e. The molecule has 0 radical (unpaired) electrons. The first-order chi connectivity index (χ1) is 18.6. The lowest BCUT2D eigenvalue weighted by molar-refractivity contribution is -0.137. The second-order valence-corrected chi connectivity index (χ2v) is 9.68. The molecule has 1 saturated heterocycles. The predicted molar refractivity (Wildman–Crippen MR) is 141 cm³/mol. The Hall–Kier alpha value is -4.32. The van der Waals surface area contributed by atoms with Crippen LogP contribution in [-0.4, -0.2) is 69.0 Å². The Kier molecular flexibility index (Phi) is 7.04. The first-order valence-corrected chi connectivity index (χ1v) is 12.3. The number of hydrogen-bond donors (Lipinski definition) is 1. The lowest BCUT2D eigenvalue weighted by Gasteiger charge is -2.26. The molecule has 5 rings (SSSR count). The molecule has 1 amide bonds. The summed E-state index contributed by atoms with van der Waals surface area (Å²) in [5.41, 5.74) is 3.18. The molecule has 9 nitrogen and oxygen atoms in total. The molecule has 0 aliphatic carbocycles. The number of rotatable bonds is 6. The van der Waals surface area contributed by atoms with Crippen molar-refractivity contribution >= 4 is 17.4 Å². The van der Waals surface area contributed by atoms with Crippen molar-refractivity contribution in [1.29, 1.82) is 0 Å². The Labute approximate surface area is 223 Å². The van der Waals surface area contributed by atoms with E-state index in [1.54, 1.807) is 35.3 Å². The number of alkyl halides is 3. The van der Waals surface area contributed by atoms with Gasteiger partial charge in [0, 0.05) is 43.2 Å². The first-order valence-electron chi connectivity index (χ1n) is 12.3. The van der Waals surface area contributed by atoms with Crippen LogP contribution in [0.4, 0.5) is 24.7 Å². The average Bonchev–Trinajstić information content (AvgIpc) is 3.58. The van der Waals surface area contributed by atoms with Crippen LogP contribution >= 0.6 is 0 Å². The van der Waals surface area contributed by atoms with E-state index in [-0.39, 0.29) is 11.4 Å². The number of benzene rings is 1. The highest BCUT2D eigenvalue weighted by Gasteiger charge is 2.31. The molecule has 12 heteroatoms. The Balaban J connectivity index is 1.36. The van der Waals surface area contributed by atoms with E-state index in [1.165, 1.54) is 0 Å². The highest BCUT2D eigenvalue weighted by molar-refractivity contribution is 6.04. The number of aromatic nitrogens is 5. The number of halogens is 3. The van der Waals surface area contributed by atoms with Crippen LogP contribution in [0.1, 0.15) is 27.9 Å². The molecule has 1 aliphatic heterocycles. The smallest absolute Gasteiger partial charge is 0.369 e. The highest BCUT2D eigenvalue weighted by atomic mass is 19.4. The summed E-state index contributed by atoms with van der Waals surface area (Å²) in [6, 6.07) is 9.00. The number of anilines is 2. The summed E-state index contributed by atoms with van der Waals surface area (Å²) >= 11 is 0. The fourth-order valence-corrected chi connectivity index (χ4v) is 4.57. The zero-order valence-corrected chi connectivity index (χ0v) is 21.6. The van der Waals surface area contributed by atoms with Gasteiger partial charge in [0.15, 0.2) is 0 Å². The van der Waals surface area contributed by atoms with Gasteiger partial charge >= 0.3 is 6.18 Å². The minimum Gasteiger partial charge on any atom is -0.369 e. The molecule has 0 saturated carbocycles. The molecule has 0 spiro atoms. The van der Waals surface area contributed by atoms with Gasteiger partial charge in [0.1, 0.15) is 11.5 Å². The van der Waals surface area contributed by atoms with Crippen LogP contribution in [-0.2, 0) is 6.18 Å². The second-order valence-electron chi connectivity index (χ2n) is 9.68. The summed E-state index contributed by atoms with van der Waals surface area (Å²) in [5, 5.41) is 11.0. The molecule has 1 unspecified atom stereocenters. The summed E-state index contributed by atoms with van der Waals surface area (Å²) < 4.78 is 40.6. The SMILES string of the molecule is Cc1ccc(C(=O)Nc2cc(C(F)(F)F)ccn2)cc1-n1cc(-c2cncc(N(C)C3CCN(C)C3)c2)nn1. The number of nitrogens with one attached hydrogen (secondary N) is 1. The third-order valence-corrected chi connectivity index (χ3v) is 6.88. The minimum atomic E-state index is -4.54. The summed E-state index contributed by atoms with van der Waals surface area (Å²) in [7, 11) is 4.18. The van der Waals surface area contributed by atoms with Crippen LogP contribution in [0.15, 0.2) is 61.2 Å². The Morgan fingerprint density at radius 1 is 1.15 bits per heavy atom. The fourth-order valence-electron chi connectivity index (χ4n) is 4.57. The van der Waals surface area contributed by atoms with E-state index in [4.69, 9.17) is 0 Å². The van der Waals surface area contributed by atoms with E-state index in [0.29, 0.717) is 17.4 Å². The molecule has 0 bridgehead atoms. The Bertz CT molecular complexity index is 1500. The predicted octanol–water partition coefficient (Wildman–Crippen LogP) is 4.44. The second kappa shape index (κ2) is 10.4. The fraction of sp³-hybridized carbons (Fsp3) is 0.296. The molecule has 3 aromatic heterocycles. The maximum absolute atomic E-state index is 13.0. The quantitative estimate of drug-likeness (QED) is 0.390. The van der Waals surface area contributed by atoms with Crippen LogP contribution in [0.2, 0.25) is 0 Å². The number of carbonyl (C=O) groups is 1. The number of amides is 1. The van der Waals surface area contributed by atoms with Gasteiger partial charge in [-0.05, 0) is 62.8 Å². The van der Waals surface area contributed by atoms with E-state index >= 15 is 0 Å². The molecule has 39 heavy (non-hydrogen) atoms. The van der Waals surface area contributed by atoms with Crippen LogP contribution in [0, 0.1) is 6.92 Å². The van der Waals surface area contributed by atoms with Gasteiger partial charge in [0.05, 0.1) is 29.3 Å². The summed E-state index contributed by atoms with van der Waals surface area (Å²) in [5.74, 6) is -0.789. The van der Waals surface area contributed by atoms with Gasteiger partial charge in [-0.2, -0.15) is 13.2 Å². The van der Waals surface area contributed by atoms with Crippen molar-refractivity contribution in [2.75, 3.05) is 37.4 Å². The van der Waals surface area contributed by atoms with Crippen molar-refractivity contribution in [3.63, 3.8) is 0 Å². The number of likely N-dealkylation sites (tertiary alicyclic amines) is 1. The molecule has 202 valence electrons. The number of hydrogen-bond acceptors (Lipinski definition) is 7. The zero-order chi connectivity index (χ0) is 27.7. The van der Waals surface area contributed by atoms with Crippen LogP contribution in [0.5, 0.6) is 0 Å². The average molecular weight is 537 g/mol. The number of carbonyl (C=O) groups excluding carboxylic acids is 1. The molecule has 1 atom stereocenters. The summed E-state index contributed by atoms with van der Waals surface area (Å²) in [6.07, 6.45) is 2.86.